The van der Waals surface area contributed by atoms with Crippen LogP contribution in [0.5, 0.6) is 0 Å². The third-order valence-electron chi connectivity index (χ3n) is 8.57. The van der Waals surface area contributed by atoms with Gasteiger partial charge >= 0.3 is 5.97 Å². The highest BCUT2D eigenvalue weighted by molar-refractivity contribution is 6.30. The first-order valence-corrected chi connectivity index (χ1v) is 14.4. The van der Waals surface area contributed by atoms with Gasteiger partial charge in [-0.3, -0.25) is 30.0 Å². The van der Waals surface area contributed by atoms with E-state index in [4.69, 9.17) is 16.3 Å². The molecule has 218 valence electrons. The average Bonchev–Trinajstić information content (AvgIpc) is 3.32. The number of hydrogen-bond donors (Lipinski definition) is 2. The number of esters is 1. The minimum Gasteiger partial charge on any atom is -0.452 e. The van der Waals surface area contributed by atoms with Gasteiger partial charge in [0.2, 0.25) is 11.8 Å². The van der Waals surface area contributed by atoms with Crippen molar-refractivity contribution in [2.75, 3.05) is 11.5 Å². The Morgan fingerprint density at radius 1 is 0.682 bits per heavy atom. The van der Waals surface area contributed by atoms with Crippen LogP contribution in [0.15, 0.2) is 97.1 Å². The molecule has 8 rings (SSSR count). The minimum absolute atomic E-state index is 0.0341. The van der Waals surface area contributed by atoms with E-state index in [0.29, 0.717) is 5.02 Å². The van der Waals surface area contributed by atoms with Crippen LogP contribution < -0.4 is 15.8 Å². The van der Waals surface area contributed by atoms with Gasteiger partial charge in [-0.2, -0.15) is 0 Å². The summed E-state index contributed by atoms with van der Waals surface area (Å²) in [7, 11) is 0. The van der Waals surface area contributed by atoms with E-state index in [1.54, 1.807) is 12.1 Å². The number of rotatable bonds is 5. The van der Waals surface area contributed by atoms with E-state index >= 15 is 0 Å². The smallest absolute Gasteiger partial charge is 0.340 e. The first kappa shape index (κ1) is 27.5. The predicted molar refractivity (Wildman–Crippen MR) is 160 cm³/mol. The number of hydrazine groups is 1. The lowest BCUT2D eigenvalue weighted by atomic mass is 9.55. The fraction of sp³-hybridized carbons (Fsp3) is 0.147. The van der Waals surface area contributed by atoms with Crippen LogP contribution in [0, 0.1) is 11.8 Å². The van der Waals surface area contributed by atoms with Gasteiger partial charge in [0, 0.05) is 22.4 Å². The second kappa shape index (κ2) is 10.8. The Hall–Kier alpha value is -5.28. The van der Waals surface area contributed by atoms with Gasteiger partial charge in [0.15, 0.2) is 6.61 Å². The topological polar surface area (TPSA) is 122 Å². The van der Waals surface area contributed by atoms with Crippen molar-refractivity contribution in [3.05, 3.63) is 135 Å². The quantitative estimate of drug-likeness (QED) is 0.198. The summed E-state index contributed by atoms with van der Waals surface area (Å²) in [6, 6.07) is 28.1. The summed E-state index contributed by atoms with van der Waals surface area (Å²) in [6.45, 7) is -0.712. The van der Waals surface area contributed by atoms with Crippen LogP contribution in [0.4, 0.5) is 5.69 Å². The molecule has 44 heavy (non-hydrogen) atoms. The third-order valence-corrected chi connectivity index (χ3v) is 8.82. The minimum atomic E-state index is -0.898. The van der Waals surface area contributed by atoms with Crippen molar-refractivity contribution in [2.24, 2.45) is 11.8 Å². The zero-order chi connectivity index (χ0) is 30.5. The first-order valence-electron chi connectivity index (χ1n) is 14.0. The highest BCUT2D eigenvalue weighted by atomic mass is 35.5. The van der Waals surface area contributed by atoms with E-state index in [1.165, 1.54) is 36.4 Å². The molecule has 2 bridgehead atoms. The summed E-state index contributed by atoms with van der Waals surface area (Å²) >= 11 is 5.83. The number of hydrogen-bond acceptors (Lipinski definition) is 6. The van der Waals surface area contributed by atoms with E-state index in [1.807, 2.05) is 48.5 Å². The van der Waals surface area contributed by atoms with Gasteiger partial charge in [0.05, 0.1) is 23.1 Å². The molecule has 4 aliphatic rings. The normalized spacial score (nSPS) is 20.8. The van der Waals surface area contributed by atoms with Crippen molar-refractivity contribution in [3.8, 4) is 0 Å². The molecule has 0 saturated carbocycles. The van der Waals surface area contributed by atoms with Crippen molar-refractivity contribution in [2.45, 2.75) is 11.8 Å². The molecular formula is C34H24ClN3O6. The first-order chi connectivity index (χ1) is 21.3. The molecule has 1 fully saturated rings. The van der Waals surface area contributed by atoms with E-state index in [2.05, 4.69) is 10.9 Å². The predicted octanol–water partition coefficient (Wildman–Crippen LogP) is 4.35. The van der Waals surface area contributed by atoms with Gasteiger partial charge < -0.3 is 4.74 Å². The summed E-state index contributed by atoms with van der Waals surface area (Å²) in [5, 5.41) is 0.455. The number of nitrogens with zero attached hydrogens (tertiary/aromatic N) is 1. The van der Waals surface area contributed by atoms with E-state index in [9.17, 15) is 24.0 Å². The molecular weight excluding hydrogens is 582 g/mol. The second-order valence-corrected chi connectivity index (χ2v) is 11.3. The number of imide groups is 1. The fourth-order valence-corrected chi connectivity index (χ4v) is 6.93. The molecule has 4 amide bonds. The van der Waals surface area contributed by atoms with Crippen LogP contribution in [-0.4, -0.2) is 36.2 Å². The number of carbonyl (C=O) groups excluding carboxylic acids is 5. The van der Waals surface area contributed by atoms with Crippen LogP contribution in [0.2, 0.25) is 5.02 Å². The number of para-hydroxylation sites is 1. The number of carbonyl (C=O) groups is 5. The molecule has 0 unspecified atom stereocenters. The van der Waals surface area contributed by atoms with Crippen LogP contribution in [0.25, 0.3) is 0 Å². The van der Waals surface area contributed by atoms with Crippen LogP contribution in [-0.2, 0) is 19.1 Å². The molecule has 2 N–H and O–H groups in total. The summed E-state index contributed by atoms with van der Waals surface area (Å²) in [4.78, 5) is 67.1. The summed E-state index contributed by atoms with van der Waals surface area (Å²) in [5.74, 6) is -4.82. The molecule has 3 aliphatic carbocycles. The molecule has 1 heterocycles. The molecule has 0 aromatic heterocycles. The second-order valence-electron chi connectivity index (χ2n) is 10.9. The molecule has 0 spiro atoms. The number of anilines is 1. The van der Waals surface area contributed by atoms with Crippen LogP contribution >= 0.6 is 11.6 Å². The van der Waals surface area contributed by atoms with Crippen LogP contribution in [0.1, 0.15) is 54.8 Å². The summed E-state index contributed by atoms with van der Waals surface area (Å²) in [5.41, 5.74) is 8.93. The monoisotopic (exact) mass is 605 g/mol. The Morgan fingerprint density at radius 3 is 1.73 bits per heavy atom. The maximum Gasteiger partial charge on any atom is 0.340 e. The molecule has 10 heteroatoms. The Labute approximate surface area is 256 Å². The maximum absolute atomic E-state index is 14.1. The number of halogens is 1. The van der Waals surface area contributed by atoms with Gasteiger partial charge in [-0.25, -0.2) is 9.69 Å². The lowest BCUT2D eigenvalue weighted by Crippen LogP contribution is -2.43. The highest BCUT2D eigenvalue weighted by Crippen LogP contribution is 2.61. The van der Waals surface area contributed by atoms with Crippen molar-refractivity contribution >= 4 is 46.9 Å². The molecule has 1 aliphatic heterocycles. The zero-order valence-electron chi connectivity index (χ0n) is 23.0. The van der Waals surface area contributed by atoms with E-state index < -0.39 is 36.2 Å². The van der Waals surface area contributed by atoms with E-state index in [-0.39, 0.29) is 40.5 Å². The van der Waals surface area contributed by atoms with Crippen LogP contribution in [0.3, 0.4) is 0 Å². The lowest BCUT2D eigenvalue weighted by Gasteiger charge is -2.45. The van der Waals surface area contributed by atoms with Gasteiger partial charge in [-0.1, -0.05) is 72.3 Å². The standard InChI is InChI=1S/C34H24ClN3O6/c35-19-15-13-18(14-16-19)31(40)37-36-26(39)17-44-34(43)24-11-5-6-12-25(24)38-32(41)29-27-20-7-1-2-8-21(20)28(30(29)33(38)42)23-10-4-3-9-22(23)27/h1-16,27-30H,17H2,(H,36,39)(H,37,40)/t27?,28?,29-,30+. The summed E-state index contributed by atoms with van der Waals surface area (Å²) in [6.07, 6.45) is 0. The Bertz CT molecular complexity index is 1760. The zero-order valence-corrected chi connectivity index (χ0v) is 23.8. The van der Waals surface area contributed by atoms with Crippen molar-refractivity contribution in [1.29, 1.82) is 0 Å². The number of benzene rings is 4. The van der Waals surface area contributed by atoms with Gasteiger partial charge in [0.1, 0.15) is 0 Å². The molecule has 4 aromatic carbocycles. The Kier molecular flexibility index (Phi) is 6.74. The third kappa shape index (κ3) is 4.36. The Morgan fingerprint density at radius 2 is 1.18 bits per heavy atom. The molecule has 0 radical (unpaired) electrons. The SMILES string of the molecule is O=C(COC(=O)c1ccccc1N1C(=O)[C@@H]2C3c4ccccc4C(c4ccccc43)[C@@H]2C1=O)NNC(=O)c1ccc(Cl)cc1. The molecule has 1 saturated heterocycles. The van der Waals surface area contributed by atoms with Gasteiger partial charge in [-0.15, -0.1) is 0 Å². The number of nitrogens with one attached hydrogen (secondary N) is 2. The van der Waals surface area contributed by atoms with Crippen molar-refractivity contribution in [1.82, 2.24) is 10.9 Å². The van der Waals surface area contributed by atoms with Crippen molar-refractivity contribution < 1.29 is 28.7 Å². The fourth-order valence-electron chi connectivity index (χ4n) is 6.80. The Balaban J connectivity index is 1.10. The van der Waals surface area contributed by atoms with Gasteiger partial charge in [0.25, 0.3) is 11.8 Å². The molecule has 9 nitrogen and oxygen atoms in total. The van der Waals surface area contributed by atoms with Crippen molar-refractivity contribution in [3.63, 3.8) is 0 Å². The maximum atomic E-state index is 14.1. The summed E-state index contributed by atoms with van der Waals surface area (Å²) < 4.78 is 5.22. The van der Waals surface area contributed by atoms with E-state index in [0.717, 1.165) is 27.2 Å². The molecule has 4 aromatic rings. The van der Waals surface area contributed by atoms with Gasteiger partial charge in [-0.05, 0) is 58.7 Å². The lowest BCUT2D eigenvalue weighted by molar-refractivity contribution is -0.125. The number of ether oxygens (including phenoxy) is 1. The average molecular weight is 606 g/mol. The highest BCUT2D eigenvalue weighted by Gasteiger charge is 2.62. The largest absolute Gasteiger partial charge is 0.452 e. The number of amides is 4. The molecule has 2 atom stereocenters.